The number of amides is 1. The summed E-state index contributed by atoms with van der Waals surface area (Å²) in [7, 11) is 0. The molecule has 0 aromatic heterocycles. The normalized spacial score (nSPS) is 18.0. The van der Waals surface area contributed by atoms with Crippen LogP contribution in [0.3, 0.4) is 0 Å². The van der Waals surface area contributed by atoms with Gasteiger partial charge in [0.1, 0.15) is 0 Å². The van der Waals surface area contributed by atoms with Crippen LogP contribution >= 0.6 is 0 Å². The van der Waals surface area contributed by atoms with Gasteiger partial charge in [-0.05, 0) is 43.6 Å². The fraction of sp³-hybridized carbons (Fsp3) is 0.533. The van der Waals surface area contributed by atoms with Crippen LogP contribution in [0.25, 0.3) is 0 Å². The Morgan fingerprint density at radius 3 is 2.68 bits per heavy atom. The van der Waals surface area contributed by atoms with Gasteiger partial charge in [0.25, 0.3) is 0 Å². The van der Waals surface area contributed by atoms with Crippen molar-refractivity contribution in [3.05, 3.63) is 35.4 Å². The van der Waals surface area contributed by atoms with Gasteiger partial charge in [-0.15, -0.1) is 0 Å². The Labute approximate surface area is 126 Å². The highest BCUT2D eigenvalue weighted by molar-refractivity contribution is 5.78. The SMILES string of the molecule is O=C(NCC(O)c1cccc(C(F)(F)F)c1)C1CCNCC1. The molecule has 4 nitrogen and oxygen atoms in total. The summed E-state index contributed by atoms with van der Waals surface area (Å²) in [6, 6.07) is 4.51. The molecule has 22 heavy (non-hydrogen) atoms. The number of benzene rings is 1. The Morgan fingerprint density at radius 1 is 1.36 bits per heavy atom. The van der Waals surface area contributed by atoms with E-state index in [0.717, 1.165) is 38.1 Å². The van der Waals surface area contributed by atoms with Crippen molar-refractivity contribution in [1.29, 1.82) is 0 Å². The maximum atomic E-state index is 12.6. The van der Waals surface area contributed by atoms with Crippen molar-refractivity contribution in [2.45, 2.75) is 25.1 Å². The molecule has 1 aliphatic rings. The standard InChI is InChI=1S/C15H19F3N2O2/c16-15(17,18)12-3-1-2-11(8-12)13(21)9-20-14(22)10-4-6-19-7-5-10/h1-3,8,10,13,19,21H,4-7,9H2,(H,20,22). The van der Waals surface area contributed by atoms with E-state index in [0.29, 0.717) is 0 Å². The summed E-state index contributed by atoms with van der Waals surface area (Å²) in [6.45, 7) is 1.45. The van der Waals surface area contributed by atoms with E-state index in [2.05, 4.69) is 10.6 Å². The van der Waals surface area contributed by atoms with Gasteiger partial charge in [0.05, 0.1) is 11.7 Å². The lowest BCUT2D eigenvalue weighted by molar-refractivity contribution is -0.137. The smallest absolute Gasteiger partial charge is 0.387 e. The number of nitrogens with one attached hydrogen (secondary N) is 2. The molecule has 1 saturated heterocycles. The monoisotopic (exact) mass is 316 g/mol. The van der Waals surface area contributed by atoms with E-state index in [-0.39, 0.29) is 23.9 Å². The second kappa shape index (κ2) is 7.11. The van der Waals surface area contributed by atoms with E-state index in [1.165, 1.54) is 12.1 Å². The lowest BCUT2D eigenvalue weighted by Gasteiger charge is -2.22. The highest BCUT2D eigenvalue weighted by atomic mass is 19.4. The molecule has 0 spiro atoms. The molecule has 0 aliphatic carbocycles. The van der Waals surface area contributed by atoms with E-state index in [4.69, 9.17) is 0 Å². The highest BCUT2D eigenvalue weighted by Crippen LogP contribution is 2.30. The molecule has 2 rings (SSSR count). The number of aliphatic hydroxyl groups excluding tert-OH is 1. The Bertz CT molecular complexity index is 514. The molecule has 7 heteroatoms. The third kappa shape index (κ3) is 4.45. The second-order valence-electron chi connectivity index (χ2n) is 5.41. The number of halogens is 3. The van der Waals surface area contributed by atoms with Crippen molar-refractivity contribution in [3.63, 3.8) is 0 Å². The van der Waals surface area contributed by atoms with Crippen LogP contribution in [0, 0.1) is 5.92 Å². The summed E-state index contributed by atoms with van der Waals surface area (Å²) in [5.74, 6) is -0.262. The largest absolute Gasteiger partial charge is 0.416 e. The molecule has 1 unspecified atom stereocenters. The zero-order valence-corrected chi connectivity index (χ0v) is 12.0. The first-order valence-electron chi connectivity index (χ1n) is 7.21. The molecule has 0 bridgehead atoms. The van der Waals surface area contributed by atoms with Gasteiger partial charge in [-0.2, -0.15) is 13.2 Å². The summed E-state index contributed by atoms with van der Waals surface area (Å²) in [6.07, 6.45) is -4.15. The van der Waals surface area contributed by atoms with Crippen molar-refractivity contribution in [1.82, 2.24) is 10.6 Å². The molecule has 3 N–H and O–H groups in total. The topological polar surface area (TPSA) is 61.4 Å². The van der Waals surface area contributed by atoms with Crippen molar-refractivity contribution in [2.75, 3.05) is 19.6 Å². The van der Waals surface area contributed by atoms with Crippen LogP contribution in [0.2, 0.25) is 0 Å². The predicted octanol–water partition coefficient (Wildman–Crippen LogP) is 1.85. The number of alkyl halides is 3. The first-order valence-corrected chi connectivity index (χ1v) is 7.21. The summed E-state index contributed by atoms with van der Waals surface area (Å²) in [4.78, 5) is 11.9. The molecule has 1 aromatic rings. The molecular weight excluding hydrogens is 297 g/mol. The van der Waals surface area contributed by atoms with Crippen molar-refractivity contribution < 1.29 is 23.1 Å². The van der Waals surface area contributed by atoms with Crippen LogP contribution in [0.15, 0.2) is 24.3 Å². The molecule has 1 aromatic carbocycles. The summed E-state index contributed by atoms with van der Waals surface area (Å²) < 4.78 is 37.9. The average molecular weight is 316 g/mol. The quantitative estimate of drug-likeness (QED) is 0.794. The Morgan fingerprint density at radius 2 is 2.05 bits per heavy atom. The highest BCUT2D eigenvalue weighted by Gasteiger charge is 2.31. The summed E-state index contributed by atoms with van der Waals surface area (Å²) in [5.41, 5.74) is -0.672. The zero-order valence-electron chi connectivity index (χ0n) is 12.0. The Balaban J connectivity index is 1.91. The minimum atomic E-state index is -4.45. The van der Waals surface area contributed by atoms with Gasteiger partial charge in [0.15, 0.2) is 0 Å². The zero-order chi connectivity index (χ0) is 16.2. The molecule has 1 amide bonds. The Hall–Kier alpha value is -1.60. The molecule has 1 fully saturated rings. The molecule has 1 aliphatic heterocycles. The van der Waals surface area contributed by atoms with Gasteiger partial charge in [0.2, 0.25) is 5.91 Å². The lowest BCUT2D eigenvalue weighted by atomic mass is 9.97. The van der Waals surface area contributed by atoms with Gasteiger partial charge >= 0.3 is 6.18 Å². The maximum Gasteiger partial charge on any atom is 0.416 e. The van der Waals surface area contributed by atoms with Crippen LogP contribution in [0.1, 0.15) is 30.1 Å². The van der Waals surface area contributed by atoms with Crippen LogP contribution in [0.5, 0.6) is 0 Å². The summed E-state index contributed by atoms with van der Waals surface area (Å²) >= 11 is 0. The van der Waals surface area contributed by atoms with E-state index in [1.54, 1.807) is 0 Å². The number of carbonyl (C=O) groups excluding carboxylic acids is 1. The van der Waals surface area contributed by atoms with E-state index in [9.17, 15) is 23.1 Å². The van der Waals surface area contributed by atoms with Crippen LogP contribution in [-0.4, -0.2) is 30.6 Å². The van der Waals surface area contributed by atoms with Gasteiger partial charge in [0, 0.05) is 12.5 Å². The minimum Gasteiger partial charge on any atom is -0.387 e. The van der Waals surface area contributed by atoms with Gasteiger partial charge in [-0.25, -0.2) is 0 Å². The number of rotatable bonds is 4. The molecule has 0 saturated carbocycles. The van der Waals surface area contributed by atoms with Gasteiger partial charge < -0.3 is 15.7 Å². The maximum absolute atomic E-state index is 12.6. The molecule has 1 atom stereocenters. The minimum absolute atomic E-state index is 0.0932. The van der Waals surface area contributed by atoms with Crippen LogP contribution < -0.4 is 10.6 Å². The predicted molar refractivity (Wildman–Crippen MR) is 75.0 cm³/mol. The van der Waals surface area contributed by atoms with E-state index in [1.807, 2.05) is 0 Å². The number of aliphatic hydroxyl groups is 1. The average Bonchev–Trinajstić information content (AvgIpc) is 2.52. The van der Waals surface area contributed by atoms with Crippen LogP contribution in [-0.2, 0) is 11.0 Å². The van der Waals surface area contributed by atoms with Gasteiger partial charge in [-0.1, -0.05) is 12.1 Å². The number of piperidine rings is 1. The third-order valence-corrected chi connectivity index (χ3v) is 3.78. The van der Waals surface area contributed by atoms with E-state index < -0.39 is 17.8 Å². The lowest BCUT2D eigenvalue weighted by Crippen LogP contribution is -2.39. The fourth-order valence-corrected chi connectivity index (χ4v) is 2.47. The summed E-state index contributed by atoms with van der Waals surface area (Å²) in [5, 5.41) is 15.7. The number of hydrogen-bond acceptors (Lipinski definition) is 3. The van der Waals surface area contributed by atoms with E-state index >= 15 is 0 Å². The Kier molecular flexibility index (Phi) is 5.42. The first-order chi connectivity index (χ1) is 10.4. The number of carbonyl (C=O) groups is 1. The third-order valence-electron chi connectivity index (χ3n) is 3.78. The molecule has 0 radical (unpaired) electrons. The van der Waals surface area contributed by atoms with Crippen molar-refractivity contribution in [2.24, 2.45) is 5.92 Å². The van der Waals surface area contributed by atoms with Gasteiger partial charge in [-0.3, -0.25) is 4.79 Å². The number of hydrogen-bond donors (Lipinski definition) is 3. The first kappa shape index (κ1) is 16.8. The fourth-order valence-electron chi connectivity index (χ4n) is 2.47. The molecular formula is C15H19F3N2O2. The second-order valence-corrected chi connectivity index (χ2v) is 5.41. The molecule has 1 heterocycles. The van der Waals surface area contributed by atoms with Crippen molar-refractivity contribution >= 4 is 5.91 Å². The van der Waals surface area contributed by atoms with Crippen LogP contribution in [0.4, 0.5) is 13.2 Å². The van der Waals surface area contributed by atoms with Crippen molar-refractivity contribution in [3.8, 4) is 0 Å². The molecule has 122 valence electrons.